The molecule has 0 aromatic carbocycles. The lowest BCUT2D eigenvalue weighted by molar-refractivity contribution is 0.102. The average Bonchev–Trinajstić information content (AvgIpc) is 3.09. The van der Waals surface area contributed by atoms with Gasteiger partial charge in [-0.1, -0.05) is 24.1 Å². The smallest absolute Gasteiger partial charge is 0.229 e. The standard InChI is InChI=1S/C16H21N3O2/c1-10-7-11(2)15(17-9-10)16-18-14(21-19-16)8-13(20)12-5-3-4-6-12/h7,9,12-13,20H,3-6,8H2,1-2H3. The molecule has 2 heterocycles. The van der Waals surface area contributed by atoms with Crippen LogP contribution in [0.2, 0.25) is 0 Å². The van der Waals surface area contributed by atoms with Crippen molar-refractivity contribution < 1.29 is 9.63 Å². The molecule has 0 amide bonds. The van der Waals surface area contributed by atoms with E-state index in [0.29, 0.717) is 24.1 Å². The van der Waals surface area contributed by atoms with Crippen LogP contribution in [0.25, 0.3) is 11.5 Å². The van der Waals surface area contributed by atoms with E-state index in [4.69, 9.17) is 4.52 Å². The molecule has 1 saturated carbocycles. The summed E-state index contributed by atoms with van der Waals surface area (Å²) in [4.78, 5) is 8.75. The molecule has 0 radical (unpaired) electrons. The first-order valence-corrected chi connectivity index (χ1v) is 7.58. The predicted molar refractivity (Wildman–Crippen MR) is 78.7 cm³/mol. The van der Waals surface area contributed by atoms with Crippen LogP contribution in [-0.4, -0.2) is 26.3 Å². The fourth-order valence-corrected chi connectivity index (χ4v) is 3.07. The molecular formula is C16H21N3O2. The van der Waals surface area contributed by atoms with E-state index in [9.17, 15) is 5.11 Å². The Kier molecular flexibility index (Phi) is 4.01. The zero-order valence-corrected chi connectivity index (χ0v) is 12.5. The van der Waals surface area contributed by atoms with Crippen LogP contribution in [0.5, 0.6) is 0 Å². The Balaban J connectivity index is 1.73. The zero-order valence-electron chi connectivity index (χ0n) is 12.5. The molecule has 1 N–H and O–H groups in total. The van der Waals surface area contributed by atoms with Crippen molar-refractivity contribution in [2.24, 2.45) is 5.92 Å². The minimum atomic E-state index is -0.382. The van der Waals surface area contributed by atoms with Gasteiger partial charge in [0.1, 0.15) is 5.69 Å². The first kappa shape index (κ1) is 14.2. The Morgan fingerprint density at radius 2 is 2.10 bits per heavy atom. The number of aliphatic hydroxyl groups excluding tert-OH is 1. The third-order valence-corrected chi connectivity index (χ3v) is 4.22. The van der Waals surface area contributed by atoms with Crippen molar-refractivity contribution in [1.29, 1.82) is 0 Å². The molecule has 2 aromatic heterocycles. The second-order valence-electron chi connectivity index (χ2n) is 6.01. The SMILES string of the molecule is Cc1cnc(-c2noc(CC(O)C3CCCC3)n2)c(C)c1. The molecule has 3 rings (SSSR count). The van der Waals surface area contributed by atoms with Crippen LogP contribution in [0.1, 0.15) is 42.7 Å². The number of rotatable bonds is 4. The highest BCUT2D eigenvalue weighted by atomic mass is 16.5. The lowest BCUT2D eigenvalue weighted by Gasteiger charge is -2.14. The first-order chi connectivity index (χ1) is 10.1. The molecule has 1 unspecified atom stereocenters. The van der Waals surface area contributed by atoms with Gasteiger partial charge in [-0.3, -0.25) is 4.98 Å². The first-order valence-electron chi connectivity index (χ1n) is 7.58. The molecule has 0 spiro atoms. The van der Waals surface area contributed by atoms with Crippen molar-refractivity contribution in [3.05, 3.63) is 29.3 Å². The Bertz CT molecular complexity index is 618. The average molecular weight is 287 g/mol. The van der Waals surface area contributed by atoms with Gasteiger partial charge in [0.2, 0.25) is 11.7 Å². The number of aliphatic hydroxyl groups is 1. The van der Waals surface area contributed by atoms with Gasteiger partial charge in [0, 0.05) is 6.20 Å². The van der Waals surface area contributed by atoms with Gasteiger partial charge in [-0.2, -0.15) is 4.98 Å². The predicted octanol–water partition coefficient (Wildman–Crippen LogP) is 2.84. The summed E-state index contributed by atoms with van der Waals surface area (Å²) in [5, 5.41) is 14.2. The second-order valence-corrected chi connectivity index (χ2v) is 6.01. The summed E-state index contributed by atoms with van der Waals surface area (Å²) in [5.41, 5.74) is 2.88. The van der Waals surface area contributed by atoms with E-state index in [1.165, 1.54) is 12.8 Å². The molecule has 1 atom stereocenters. The van der Waals surface area contributed by atoms with E-state index in [1.54, 1.807) is 6.20 Å². The molecule has 21 heavy (non-hydrogen) atoms. The van der Waals surface area contributed by atoms with E-state index in [0.717, 1.165) is 29.7 Å². The lowest BCUT2D eigenvalue weighted by atomic mass is 9.98. The quantitative estimate of drug-likeness (QED) is 0.936. The van der Waals surface area contributed by atoms with Crippen LogP contribution in [0.4, 0.5) is 0 Å². The summed E-state index contributed by atoms with van der Waals surface area (Å²) in [6.45, 7) is 3.99. The van der Waals surface area contributed by atoms with Crippen LogP contribution in [0.3, 0.4) is 0 Å². The summed E-state index contributed by atoms with van der Waals surface area (Å²) < 4.78 is 5.27. The summed E-state index contributed by atoms with van der Waals surface area (Å²) in [6.07, 6.45) is 6.47. The molecule has 1 aliphatic carbocycles. The van der Waals surface area contributed by atoms with Gasteiger partial charge < -0.3 is 9.63 Å². The van der Waals surface area contributed by atoms with E-state index >= 15 is 0 Å². The lowest BCUT2D eigenvalue weighted by Crippen LogP contribution is -2.20. The summed E-state index contributed by atoms with van der Waals surface area (Å²) in [6, 6.07) is 2.05. The van der Waals surface area contributed by atoms with Crippen LogP contribution in [0, 0.1) is 19.8 Å². The number of aromatic nitrogens is 3. The zero-order chi connectivity index (χ0) is 14.8. The third-order valence-electron chi connectivity index (χ3n) is 4.22. The van der Waals surface area contributed by atoms with Crippen LogP contribution < -0.4 is 0 Å². The van der Waals surface area contributed by atoms with Gasteiger partial charge in [0.05, 0.1) is 12.5 Å². The minimum absolute atomic E-state index is 0.375. The van der Waals surface area contributed by atoms with Crippen LogP contribution in [-0.2, 0) is 6.42 Å². The molecule has 0 aliphatic heterocycles. The number of hydrogen-bond donors (Lipinski definition) is 1. The molecule has 0 bridgehead atoms. The Morgan fingerprint density at radius 1 is 1.33 bits per heavy atom. The summed E-state index contributed by atoms with van der Waals surface area (Å²) in [7, 11) is 0. The molecule has 5 nitrogen and oxygen atoms in total. The number of pyridine rings is 1. The molecule has 2 aromatic rings. The second kappa shape index (κ2) is 5.93. The normalized spacial score (nSPS) is 17.3. The number of nitrogens with zero attached hydrogens (tertiary/aromatic N) is 3. The maximum absolute atomic E-state index is 10.2. The van der Waals surface area contributed by atoms with Gasteiger partial charge >= 0.3 is 0 Å². The molecule has 0 saturated heterocycles. The topological polar surface area (TPSA) is 72.0 Å². The molecule has 1 aliphatic rings. The number of hydrogen-bond acceptors (Lipinski definition) is 5. The highest BCUT2D eigenvalue weighted by molar-refractivity contribution is 5.53. The van der Waals surface area contributed by atoms with Crippen molar-refractivity contribution in [2.75, 3.05) is 0 Å². The van der Waals surface area contributed by atoms with Gasteiger partial charge in [0.25, 0.3) is 0 Å². The Labute approximate surface area is 124 Å². The van der Waals surface area contributed by atoms with Crippen molar-refractivity contribution in [3.63, 3.8) is 0 Å². The Hall–Kier alpha value is -1.75. The maximum atomic E-state index is 10.2. The maximum Gasteiger partial charge on any atom is 0.229 e. The van der Waals surface area contributed by atoms with Crippen molar-refractivity contribution in [2.45, 2.75) is 52.1 Å². The van der Waals surface area contributed by atoms with Gasteiger partial charge in [-0.05, 0) is 43.7 Å². The van der Waals surface area contributed by atoms with Gasteiger partial charge in [0.15, 0.2) is 0 Å². The van der Waals surface area contributed by atoms with Gasteiger partial charge in [-0.15, -0.1) is 0 Å². The fourth-order valence-electron chi connectivity index (χ4n) is 3.07. The minimum Gasteiger partial charge on any atom is -0.392 e. The fraction of sp³-hybridized carbons (Fsp3) is 0.562. The molecular weight excluding hydrogens is 266 g/mol. The molecule has 5 heteroatoms. The molecule has 112 valence electrons. The van der Waals surface area contributed by atoms with E-state index < -0.39 is 0 Å². The van der Waals surface area contributed by atoms with Crippen molar-refractivity contribution in [1.82, 2.24) is 15.1 Å². The van der Waals surface area contributed by atoms with Crippen LogP contribution in [0.15, 0.2) is 16.8 Å². The largest absolute Gasteiger partial charge is 0.392 e. The van der Waals surface area contributed by atoms with Gasteiger partial charge in [-0.25, -0.2) is 0 Å². The van der Waals surface area contributed by atoms with E-state index in [-0.39, 0.29) is 6.10 Å². The number of aryl methyl sites for hydroxylation is 2. The molecule has 1 fully saturated rings. The highest BCUT2D eigenvalue weighted by Crippen LogP contribution is 2.29. The van der Waals surface area contributed by atoms with E-state index in [1.807, 2.05) is 19.9 Å². The van der Waals surface area contributed by atoms with Crippen molar-refractivity contribution in [3.8, 4) is 11.5 Å². The summed E-state index contributed by atoms with van der Waals surface area (Å²) >= 11 is 0. The third kappa shape index (κ3) is 3.13. The Morgan fingerprint density at radius 3 is 2.81 bits per heavy atom. The van der Waals surface area contributed by atoms with E-state index in [2.05, 4.69) is 15.1 Å². The van der Waals surface area contributed by atoms with Crippen LogP contribution >= 0.6 is 0 Å². The van der Waals surface area contributed by atoms with Crippen molar-refractivity contribution >= 4 is 0 Å². The highest BCUT2D eigenvalue weighted by Gasteiger charge is 2.25. The monoisotopic (exact) mass is 287 g/mol. The summed E-state index contributed by atoms with van der Waals surface area (Å²) in [5.74, 6) is 1.37.